The van der Waals surface area contributed by atoms with Crippen molar-refractivity contribution in [2.75, 3.05) is 13.1 Å². The zero-order valence-corrected chi connectivity index (χ0v) is 19.6. The molecule has 1 saturated heterocycles. The molecule has 11 nitrogen and oxygen atoms in total. The summed E-state index contributed by atoms with van der Waals surface area (Å²) in [6.45, 7) is 6.44. The molecule has 4 rings (SSSR count). The van der Waals surface area contributed by atoms with Gasteiger partial charge in [0.1, 0.15) is 19.0 Å². The molecule has 2 aromatic heterocycles. The number of rotatable bonds is 8. The highest BCUT2D eigenvalue weighted by Gasteiger charge is 2.25. The first-order chi connectivity index (χ1) is 16.8. The van der Waals surface area contributed by atoms with Gasteiger partial charge >= 0.3 is 6.09 Å². The van der Waals surface area contributed by atoms with E-state index in [1.807, 2.05) is 13.8 Å². The number of amides is 1. The van der Waals surface area contributed by atoms with Crippen molar-refractivity contribution in [3.63, 3.8) is 0 Å². The molecule has 0 bridgehead atoms. The summed E-state index contributed by atoms with van der Waals surface area (Å²) in [5, 5.41) is 12.9. The molecule has 0 saturated carbocycles. The van der Waals surface area contributed by atoms with Crippen molar-refractivity contribution in [2.45, 2.75) is 52.4 Å². The molecule has 1 amide bonds. The van der Waals surface area contributed by atoms with E-state index in [2.05, 4.69) is 20.1 Å². The molecular formula is C23H26FN5O6. The fourth-order valence-corrected chi connectivity index (χ4v) is 3.46. The van der Waals surface area contributed by atoms with Crippen molar-refractivity contribution in [1.82, 2.24) is 25.0 Å². The summed E-state index contributed by atoms with van der Waals surface area (Å²) < 4.78 is 37.1. The van der Waals surface area contributed by atoms with Crippen molar-refractivity contribution < 1.29 is 33.0 Å². The molecule has 1 fully saturated rings. The van der Waals surface area contributed by atoms with Crippen LogP contribution in [-0.4, -0.2) is 61.5 Å². The Balaban J connectivity index is 1.43. The van der Waals surface area contributed by atoms with Gasteiger partial charge in [0, 0.05) is 31.5 Å². The number of ether oxygens (including phenoxy) is 3. The Morgan fingerprint density at radius 2 is 2.00 bits per heavy atom. The average Bonchev–Trinajstić information content (AvgIpc) is 3.31. The Kier molecular flexibility index (Phi) is 7.39. The molecule has 3 heterocycles. The number of likely N-dealkylation sites (tertiary alicyclic amines) is 1. The van der Waals surface area contributed by atoms with Gasteiger partial charge in [0.05, 0.1) is 11.7 Å². The molecule has 3 aromatic rings. The summed E-state index contributed by atoms with van der Waals surface area (Å²) in [4.78, 5) is 24.9. The summed E-state index contributed by atoms with van der Waals surface area (Å²) in [7, 11) is 0. The molecule has 0 radical (unpaired) electrons. The van der Waals surface area contributed by atoms with E-state index in [1.54, 1.807) is 13.0 Å². The number of hydrogen-bond acceptors (Lipinski definition) is 9. The van der Waals surface area contributed by atoms with Crippen molar-refractivity contribution in [3.8, 4) is 28.9 Å². The SMILES string of the molecule is Cc1c(Oc2ccc(-c3noc(COC(C)C)n3)cc2F)ncnc1OC1CCN(C(=O)O)CC1. The Morgan fingerprint density at radius 3 is 2.69 bits per heavy atom. The predicted octanol–water partition coefficient (Wildman–Crippen LogP) is 4.21. The van der Waals surface area contributed by atoms with Crippen LogP contribution in [0.1, 0.15) is 38.1 Å². The minimum Gasteiger partial charge on any atom is -0.474 e. The number of benzene rings is 1. The summed E-state index contributed by atoms with van der Waals surface area (Å²) >= 11 is 0. The van der Waals surface area contributed by atoms with Crippen LogP contribution < -0.4 is 9.47 Å². The van der Waals surface area contributed by atoms with Gasteiger partial charge in [-0.05, 0) is 39.0 Å². The molecule has 35 heavy (non-hydrogen) atoms. The Morgan fingerprint density at radius 1 is 1.26 bits per heavy atom. The normalized spacial score (nSPS) is 14.4. The molecule has 1 aliphatic rings. The van der Waals surface area contributed by atoms with Gasteiger partial charge in [-0.1, -0.05) is 5.16 Å². The van der Waals surface area contributed by atoms with Crippen molar-refractivity contribution in [3.05, 3.63) is 41.8 Å². The number of halogens is 1. The van der Waals surface area contributed by atoms with E-state index in [4.69, 9.17) is 23.8 Å². The van der Waals surface area contributed by atoms with Crippen LogP contribution in [0.15, 0.2) is 29.0 Å². The van der Waals surface area contributed by atoms with Crippen LogP contribution in [0.4, 0.5) is 9.18 Å². The van der Waals surface area contributed by atoms with Gasteiger partial charge in [-0.2, -0.15) is 4.98 Å². The smallest absolute Gasteiger partial charge is 0.407 e. The molecule has 0 atom stereocenters. The maximum Gasteiger partial charge on any atom is 0.407 e. The number of nitrogens with zero attached hydrogens (tertiary/aromatic N) is 5. The number of hydrogen-bond donors (Lipinski definition) is 1. The molecule has 12 heteroatoms. The first-order valence-corrected chi connectivity index (χ1v) is 11.2. The molecular weight excluding hydrogens is 461 g/mol. The lowest BCUT2D eigenvalue weighted by molar-refractivity contribution is 0.0485. The lowest BCUT2D eigenvalue weighted by Crippen LogP contribution is -2.41. The monoisotopic (exact) mass is 487 g/mol. The lowest BCUT2D eigenvalue weighted by Gasteiger charge is -2.30. The minimum atomic E-state index is -0.940. The van der Waals surface area contributed by atoms with Crippen LogP contribution in [0.25, 0.3) is 11.4 Å². The van der Waals surface area contributed by atoms with E-state index in [-0.39, 0.29) is 36.3 Å². The third-order valence-corrected chi connectivity index (χ3v) is 5.39. The predicted molar refractivity (Wildman–Crippen MR) is 120 cm³/mol. The highest BCUT2D eigenvalue weighted by Crippen LogP contribution is 2.32. The molecule has 186 valence electrons. The van der Waals surface area contributed by atoms with Crippen LogP contribution in [0.5, 0.6) is 17.5 Å². The Hall–Kier alpha value is -3.80. The second-order valence-corrected chi connectivity index (χ2v) is 8.31. The maximum atomic E-state index is 14.8. The van der Waals surface area contributed by atoms with Crippen molar-refractivity contribution >= 4 is 6.09 Å². The maximum absolute atomic E-state index is 14.8. The molecule has 1 N–H and O–H groups in total. The van der Waals surface area contributed by atoms with E-state index in [0.717, 1.165) is 0 Å². The summed E-state index contributed by atoms with van der Waals surface area (Å²) in [6.07, 6.45) is 1.25. The largest absolute Gasteiger partial charge is 0.474 e. The van der Waals surface area contributed by atoms with Crippen molar-refractivity contribution in [2.24, 2.45) is 0 Å². The Bertz CT molecular complexity index is 1180. The lowest BCUT2D eigenvalue weighted by atomic mass is 10.1. The average molecular weight is 487 g/mol. The first kappa shape index (κ1) is 24.3. The van der Waals surface area contributed by atoms with Gasteiger partial charge in [-0.3, -0.25) is 0 Å². The number of piperidine rings is 1. The van der Waals surface area contributed by atoms with E-state index >= 15 is 0 Å². The van der Waals surface area contributed by atoms with Gasteiger partial charge in [-0.15, -0.1) is 0 Å². The summed E-state index contributed by atoms with van der Waals surface area (Å²) in [5.41, 5.74) is 0.926. The zero-order valence-electron chi connectivity index (χ0n) is 19.6. The van der Waals surface area contributed by atoms with Crippen molar-refractivity contribution in [1.29, 1.82) is 0 Å². The fourth-order valence-electron chi connectivity index (χ4n) is 3.46. The van der Waals surface area contributed by atoms with Gasteiger partial charge in [0.25, 0.3) is 5.89 Å². The van der Waals surface area contributed by atoms with E-state index in [9.17, 15) is 9.18 Å². The highest BCUT2D eigenvalue weighted by molar-refractivity contribution is 5.65. The van der Waals surface area contributed by atoms with E-state index in [0.29, 0.717) is 48.8 Å². The first-order valence-electron chi connectivity index (χ1n) is 11.2. The highest BCUT2D eigenvalue weighted by atomic mass is 19.1. The zero-order chi connectivity index (χ0) is 24.9. The third kappa shape index (κ3) is 6.01. The second kappa shape index (κ2) is 10.6. The topological polar surface area (TPSA) is 133 Å². The van der Waals surface area contributed by atoms with Crippen LogP contribution in [0, 0.1) is 12.7 Å². The summed E-state index contributed by atoms with van der Waals surface area (Å²) in [5.74, 6) is 0.325. The van der Waals surface area contributed by atoms with Crippen LogP contribution in [-0.2, 0) is 11.3 Å². The summed E-state index contributed by atoms with van der Waals surface area (Å²) in [6, 6.07) is 4.31. The van der Waals surface area contributed by atoms with Gasteiger partial charge in [0.2, 0.25) is 17.6 Å². The molecule has 0 aliphatic carbocycles. The molecule has 1 aromatic carbocycles. The van der Waals surface area contributed by atoms with Gasteiger partial charge < -0.3 is 28.7 Å². The number of carbonyl (C=O) groups is 1. The van der Waals surface area contributed by atoms with Gasteiger partial charge in [0.15, 0.2) is 11.6 Å². The van der Waals surface area contributed by atoms with Crippen LogP contribution in [0.2, 0.25) is 0 Å². The van der Waals surface area contributed by atoms with Gasteiger partial charge in [-0.25, -0.2) is 19.2 Å². The molecule has 0 spiro atoms. The number of carboxylic acid groups (broad SMARTS) is 1. The molecule has 0 unspecified atom stereocenters. The van der Waals surface area contributed by atoms with Crippen LogP contribution >= 0.6 is 0 Å². The fraction of sp³-hybridized carbons (Fsp3) is 0.435. The minimum absolute atomic E-state index is 0.0142. The second-order valence-electron chi connectivity index (χ2n) is 8.31. The quantitative estimate of drug-likeness (QED) is 0.492. The Labute approximate surface area is 200 Å². The van der Waals surface area contributed by atoms with Crippen LogP contribution in [0.3, 0.4) is 0 Å². The standard InChI is InChI=1S/C23H26FN5O6/c1-13(2)32-11-19-27-20(28-35-19)15-4-5-18(17(24)10-15)34-22-14(3)21(25-12-26-22)33-16-6-8-29(9-7-16)23(30)31/h4-5,10,12-13,16H,6-9,11H2,1-3H3,(H,30,31). The van der Waals surface area contributed by atoms with E-state index < -0.39 is 11.9 Å². The number of aromatic nitrogens is 4. The third-order valence-electron chi connectivity index (χ3n) is 5.39. The molecule has 1 aliphatic heterocycles. The van der Waals surface area contributed by atoms with E-state index in [1.165, 1.54) is 23.4 Å².